The molecule has 0 aliphatic heterocycles. The number of alkyl halides is 1. The summed E-state index contributed by atoms with van der Waals surface area (Å²) in [5.41, 5.74) is 0. The molecular formula is C21H42FO6P. The van der Waals surface area contributed by atoms with Gasteiger partial charge in [-0.2, -0.15) is 0 Å². The number of phosphoric acid groups is 1. The van der Waals surface area contributed by atoms with E-state index in [-0.39, 0.29) is 13.0 Å². The van der Waals surface area contributed by atoms with Crippen LogP contribution in [-0.4, -0.2) is 39.6 Å². The number of carbonyl (C=O) groups excluding carboxylic acids is 1. The minimum Gasteiger partial charge on any atom is -0.457 e. The Morgan fingerprint density at radius 2 is 1.28 bits per heavy atom. The fraction of sp³-hybridized carbons (Fsp3) is 0.952. The van der Waals surface area contributed by atoms with Gasteiger partial charge in [-0.3, -0.25) is 18.4 Å². The van der Waals surface area contributed by atoms with Gasteiger partial charge >= 0.3 is 13.8 Å². The molecule has 0 aromatic rings. The van der Waals surface area contributed by atoms with Gasteiger partial charge < -0.3 is 4.74 Å². The normalized spacial score (nSPS) is 12.8. The quantitative estimate of drug-likeness (QED) is 0.111. The van der Waals surface area contributed by atoms with Crippen molar-refractivity contribution in [3.63, 3.8) is 0 Å². The second-order valence-electron chi connectivity index (χ2n) is 7.37. The van der Waals surface area contributed by atoms with Gasteiger partial charge in [0, 0.05) is 20.6 Å². The predicted octanol–water partition coefficient (Wildman–Crippen LogP) is 6.77. The highest BCUT2D eigenvalue weighted by atomic mass is 31.2. The Balaban J connectivity index is 3.60. The first-order chi connectivity index (χ1) is 14.0. The second kappa shape index (κ2) is 19.5. The molecule has 0 aromatic heterocycles. The molecule has 8 heteroatoms. The number of carbonyl (C=O) groups is 1. The molecule has 174 valence electrons. The Labute approximate surface area is 176 Å². The van der Waals surface area contributed by atoms with Gasteiger partial charge in [0.1, 0.15) is 6.67 Å². The van der Waals surface area contributed by atoms with Crippen LogP contribution in [0, 0.1) is 0 Å². The van der Waals surface area contributed by atoms with Crippen molar-refractivity contribution in [2.24, 2.45) is 0 Å². The third kappa shape index (κ3) is 16.9. The number of esters is 1. The van der Waals surface area contributed by atoms with Crippen LogP contribution in [-0.2, 0) is 27.7 Å². The minimum absolute atomic E-state index is 0.250. The minimum atomic E-state index is -3.70. The molecule has 0 N–H and O–H groups in total. The van der Waals surface area contributed by atoms with Crippen LogP contribution in [0.4, 0.5) is 4.39 Å². The Hall–Kier alpha value is -0.490. The predicted molar refractivity (Wildman–Crippen MR) is 114 cm³/mol. The number of hydrogen-bond acceptors (Lipinski definition) is 6. The molecule has 0 unspecified atom stereocenters. The standard InChI is InChI=1S/C21H42FO6P/c1-4-5-6-7-8-9-10-11-12-13-14-15-16-17-21(23)28-20(18-22)19-27-29(24,25-2)26-3/h20H,4-19H2,1-3H3/t20-/m0/s1. The molecule has 29 heavy (non-hydrogen) atoms. The third-order valence-electron chi connectivity index (χ3n) is 4.82. The molecule has 0 saturated carbocycles. The Kier molecular flexibility index (Phi) is 19.1. The zero-order chi connectivity index (χ0) is 21.8. The number of unbranched alkanes of at least 4 members (excludes halogenated alkanes) is 12. The van der Waals surface area contributed by atoms with Crippen molar-refractivity contribution in [1.29, 1.82) is 0 Å². The lowest BCUT2D eigenvalue weighted by Crippen LogP contribution is -2.25. The highest BCUT2D eigenvalue weighted by Crippen LogP contribution is 2.47. The summed E-state index contributed by atoms with van der Waals surface area (Å²) in [4.78, 5) is 11.8. The van der Waals surface area contributed by atoms with Crippen molar-refractivity contribution in [3.8, 4) is 0 Å². The Morgan fingerprint density at radius 1 is 0.828 bits per heavy atom. The van der Waals surface area contributed by atoms with Crippen LogP contribution < -0.4 is 0 Å². The molecule has 0 aliphatic rings. The maximum absolute atomic E-state index is 13.0. The van der Waals surface area contributed by atoms with E-state index in [1.807, 2.05) is 0 Å². The smallest absolute Gasteiger partial charge is 0.457 e. The van der Waals surface area contributed by atoms with Crippen LogP contribution in [0.3, 0.4) is 0 Å². The van der Waals surface area contributed by atoms with Crippen molar-refractivity contribution < 1.29 is 32.1 Å². The molecule has 0 radical (unpaired) electrons. The van der Waals surface area contributed by atoms with Crippen LogP contribution in [0.25, 0.3) is 0 Å². The highest BCUT2D eigenvalue weighted by Gasteiger charge is 2.26. The maximum Gasteiger partial charge on any atom is 0.474 e. The zero-order valence-corrected chi connectivity index (χ0v) is 19.6. The van der Waals surface area contributed by atoms with E-state index in [9.17, 15) is 13.8 Å². The van der Waals surface area contributed by atoms with E-state index in [2.05, 4.69) is 16.0 Å². The van der Waals surface area contributed by atoms with Gasteiger partial charge in [0.2, 0.25) is 0 Å². The molecule has 0 aliphatic carbocycles. The van der Waals surface area contributed by atoms with Crippen LogP contribution in [0.15, 0.2) is 0 Å². The summed E-state index contributed by atoms with van der Waals surface area (Å²) in [6.45, 7) is 0.947. The first kappa shape index (κ1) is 28.5. The summed E-state index contributed by atoms with van der Waals surface area (Å²) < 4.78 is 43.8. The number of ether oxygens (including phenoxy) is 1. The van der Waals surface area contributed by atoms with Gasteiger partial charge in [0.05, 0.1) is 6.61 Å². The van der Waals surface area contributed by atoms with Gasteiger partial charge in [-0.1, -0.05) is 84.0 Å². The van der Waals surface area contributed by atoms with E-state index in [1.54, 1.807) is 0 Å². The summed E-state index contributed by atoms with van der Waals surface area (Å²) in [6.07, 6.45) is 15.1. The van der Waals surface area contributed by atoms with Gasteiger partial charge in [-0.05, 0) is 6.42 Å². The summed E-state index contributed by atoms with van der Waals surface area (Å²) in [7, 11) is -1.38. The van der Waals surface area contributed by atoms with E-state index >= 15 is 0 Å². The molecule has 6 nitrogen and oxygen atoms in total. The molecule has 0 aromatic carbocycles. The zero-order valence-electron chi connectivity index (χ0n) is 18.7. The molecule has 0 amide bonds. The van der Waals surface area contributed by atoms with E-state index in [4.69, 9.17) is 9.26 Å². The van der Waals surface area contributed by atoms with Crippen molar-refractivity contribution in [3.05, 3.63) is 0 Å². The van der Waals surface area contributed by atoms with E-state index < -0.39 is 26.6 Å². The van der Waals surface area contributed by atoms with Crippen molar-refractivity contribution in [1.82, 2.24) is 0 Å². The SMILES string of the molecule is CCCCCCCCCCCCCCCC(=O)O[C@@H](CF)COP(=O)(OC)OC. The lowest BCUT2D eigenvalue weighted by Gasteiger charge is -2.18. The molecular weight excluding hydrogens is 398 g/mol. The van der Waals surface area contributed by atoms with Gasteiger partial charge in [0.25, 0.3) is 0 Å². The molecule has 0 saturated heterocycles. The number of phosphoric ester groups is 1. The summed E-state index contributed by atoms with van der Waals surface area (Å²) in [5.74, 6) is -0.469. The van der Waals surface area contributed by atoms with E-state index in [0.717, 1.165) is 33.5 Å². The number of rotatable bonds is 21. The van der Waals surface area contributed by atoms with E-state index in [1.165, 1.54) is 64.2 Å². The van der Waals surface area contributed by atoms with Crippen LogP contribution in [0.5, 0.6) is 0 Å². The van der Waals surface area contributed by atoms with Gasteiger partial charge in [-0.15, -0.1) is 0 Å². The fourth-order valence-electron chi connectivity index (χ4n) is 3.00. The molecule has 1 atom stereocenters. The molecule has 0 rings (SSSR count). The maximum atomic E-state index is 13.0. The van der Waals surface area contributed by atoms with Gasteiger partial charge in [0.15, 0.2) is 6.10 Å². The van der Waals surface area contributed by atoms with Crippen LogP contribution >= 0.6 is 7.82 Å². The molecule has 0 heterocycles. The average Bonchev–Trinajstić information content (AvgIpc) is 2.74. The first-order valence-corrected chi connectivity index (χ1v) is 12.6. The van der Waals surface area contributed by atoms with Crippen LogP contribution in [0.2, 0.25) is 0 Å². The lowest BCUT2D eigenvalue weighted by atomic mass is 10.0. The summed E-state index contributed by atoms with van der Waals surface area (Å²) in [6, 6.07) is 0. The first-order valence-electron chi connectivity index (χ1n) is 11.1. The molecule has 0 bridgehead atoms. The number of hydrogen-bond donors (Lipinski definition) is 0. The Morgan fingerprint density at radius 3 is 1.69 bits per heavy atom. The summed E-state index contributed by atoms with van der Waals surface area (Å²) >= 11 is 0. The highest BCUT2D eigenvalue weighted by molar-refractivity contribution is 7.48. The average molecular weight is 441 g/mol. The van der Waals surface area contributed by atoms with Gasteiger partial charge in [-0.25, -0.2) is 8.96 Å². The lowest BCUT2D eigenvalue weighted by molar-refractivity contribution is -0.152. The van der Waals surface area contributed by atoms with Crippen molar-refractivity contribution >= 4 is 13.8 Å². The monoisotopic (exact) mass is 440 g/mol. The summed E-state index contributed by atoms with van der Waals surface area (Å²) in [5, 5.41) is 0. The molecule has 0 fully saturated rings. The Bertz CT molecular complexity index is 427. The van der Waals surface area contributed by atoms with Crippen molar-refractivity contribution in [2.45, 2.75) is 103 Å². The van der Waals surface area contributed by atoms with Crippen molar-refractivity contribution in [2.75, 3.05) is 27.5 Å². The molecule has 0 spiro atoms. The topological polar surface area (TPSA) is 71.1 Å². The largest absolute Gasteiger partial charge is 0.474 e. The number of halogens is 1. The second-order valence-corrected chi connectivity index (χ2v) is 9.25. The van der Waals surface area contributed by atoms with Crippen LogP contribution in [0.1, 0.15) is 96.8 Å². The third-order valence-corrected chi connectivity index (χ3v) is 6.18. The fourth-order valence-corrected chi connectivity index (χ4v) is 3.71. The van der Waals surface area contributed by atoms with E-state index in [0.29, 0.717) is 0 Å².